The minimum absolute atomic E-state index is 0.0744. The second-order valence-corrected chi connectivity index (χ2v) is 13.2. The van der Waals surface area contributed by atoms with Crippen LogP contribution in [0, 0.1) is 17.3 Å². The molecular weight excluding hydrogens is 468 g/mol. The molecule has 0 aromatic heterocycles. The normalized spacial score (nSPS) is 33.1. The lowest BCUT2D eigenvalue weighted by molar-refractivity contribution is -0.207. The van der Waals surface area contributed by atoms with Gasteiger partial charge in [0.1, 0.15) is 16.2 Å². The Balaban J connectivity index is 1.42. The number of ether oxygens (including phenoxy) is 2. The molecule has 7 rings (SSSR count). The van der Waals surface area contributed by atoms with Crippen molar-refractivity contribution in [2.45, 2.75) is 107 Å². The van der Waals surface area contributed by atoms with Crippen LogP contribution in [0.2, 0.25) is 0 Å². The summed E-state index contributed by atoms with van der Waals surface area (Å²) in [5.74, 6) is 0.729. The predicted octanol–water partition coefficient (Wildman–Crippen LogP) is 4.50. The van der Waals surface area contributed by atoms with Crippen LogP contribution < -0.4 is 4.74 Å². The Bertz CT molecular complexity index is 1160. The van der Waals surface area contributed by atoms with Crippen molar-refractivity contribution in [2.75, 3.05) is 0 Å². The zero-order chi connectivity index (χ0) is 24.6. The summed E-state index contributed by atoms with van der Waals surface area (Å²) in [6, 6.07) is 0. The molecule has 0 amide bonds. The highest BCUT2D eigenvalue weighted by molar-refractivity contribution is 7.86. The van der Waals surface area contributed by atoms with Gasteiger partial charge in [-0.3, -0.25) is 14.1 Å². The summed E-state index contributed by atoms with van der Waals surface area (Å²) in [5, 5.41) is 0. The Hall–Kier alpha value is -1.93. The number of carbonyl (C=O) groups is 2. The summed E-state index contributed by atoms with van der Waals surface area (Å²) in [6.07, 6.45) is 10.7. The molecule has 4 bridgehead atoms. The van der Waals surface area contributed by atoms with E-state index in [1.165, 1.54) is 6.92 Å². The van der Waals surface area contributed by atoms with Gasteiger partial charge >= 0.3 is 11.9 Å². The van der Waals surface area contributed by atoms with Gasteiger partial charge in [0.05, 0.1) is 5.41 Å². The van der Waals surface area contributed by atoms with Crippen molar-refractivity contribution in [3.63, 3.8) is 0 Å². The molecule has 0 spiro atoms. The summed E-state index contributed by atoms with van der Waals surface area (Å²) in [5.41, 5.74) is 1.63. The quantitative estimate of drug-likeness (QED) is 0.367. The van der Waals surface area contributed by atoms with E-state index in [9.17, 15) is 22.6 Å². The molecular formula is C27H34O7S. The highest BCUT2D eigenvalue weighted by atomic mass is 32.2. The third-order valence-electron chi connectivity index (χ3n) is 9.29. The molecule has 2 atom stereocenters. The van der Waals surface area contributed by atoms with E-state index < -0.39 is 21.1 Å². The van der Waals surface area contributed by atoms with Gasteiger partial charge in [0.15, 0.2) is 0 Å². The maximum Gasteiger partial charge on any atom is 0.317 e. The van der Waals surface area contributed by atoms with Gasteiger partial charge in [-0.05, 0) is 118 Å². The number of hydrogen-bond donors (Lipinski definition) is 1. The van der Waals surface area contributed by atoms with Crippen LogP contribution >= 0.6 is 0 Å². The molecule has 4 fully saturated rings. The molecule has 6 aliphatic rings. The second-order valence-electron chi connectivity index (χ2n) is 11.9. The van der Waals surface area contributed by atoms with Gasteiger partial charge in [-0.25, -0.2) is 0 Å². The smallest absolute Gasteiger partial charge is 0.317 e. The molecule has 0 radical (unpaired) electrons. The largest absolute Gasteiger partial charge is 0.459 e. The predicted molar refractivity (Wildman–Crippen MR) is 127 cm³/mol. The van der Waals surface area contributed by atoms with Crippen LogP contribution in [-0.4, -0.2) is 30.5 Å². The average molecular weight is 503 g/mol. The zero-order valence-electron chi connectivity index (χ0n) is 20.4. The summed E-state index contributed by atoms with van der Waals surface area (Å²) in [6.45, 7) is 1.44. The standard InChI is InChI=1S/C27H34O7S/c1-16(28)34-27-13-17-10-18(14-27)12-26(11-17,15-27)25(29)33-23-19-6-2-4-8-21(19)24(35(30,31)32)22-9-5-3-7-20(22)23/h17-18H,2-15H2,1H3,(H,30,31,32). The number of fused-ring (bicyclic) bond motifs is 2. The molecule has 0 aliphatic heterocycles. The average Bonchev–Trinajstić information content (AvgIpc) is 2.76. The molecule has 1 aromatic carbocycles. The molecule has 1 aromatic rings. The van der Waals surface area contributed by atoms with Crippen LogP contribution in [0.3, 0.4) is 0 Å². The Labute approximate surface area is 206 Å². The van der Waals surface area contributed by atoms with Gasteiger partial charge in [-0.15, -0.1) is 0 Å². The van der Waals surface area contributed by atoms with E-state index in [0.29, 0.717) is 60.8 Å². The molecule has 35 heavy (non-hydrogen) atoms. The Kier molecular flexibility index (Phi) is 5.39. The fourth-order valence-electron chi connectivity index (χ4n) is 8.65. The fourth-order valence-corrected chi connectivity index (χ4v) is 9.73. The monoisotopic (exact) mass is 502 g/mol. The first-order valence-electron chi connectivity index (χ1n) is 13.2. The van der Waals surface area contributed by atoms with Crippen molar-refractivity contribution >= 4 is 22.1 Å². The van der Waals surface area contributed by atoms with Crippen molar-refractivity contribution in [2.24, 2.45) is 17.3 Å². The number of esters is 2. The lowest BCUT2D eigenvalue weighted by atomic mass is 9.48. The Morgan fingerprint density at radius 1 is 0.857 bits per heavy atom. The molecule has 8 heteroatoms. The van der Waals surface area contributed by atoms with E-state index in [0.717, 1.165) is 68.9 Å². The first-order valence-corrected chi connectivity index (χ1v) is 14.6. The first-order chi connectivity index (χ1) is 16.6. The van der Waals surface area contributed by atoms with Crippen LogP contribution in [0.1, 0.15) is 93.4 Å². The van der Waals surface area contributed by atoms with E-state index in [4.69, 9.17) is 9.47 Å². The lowest BCUT2D eigenvalue weighted by Gasteiger charge is -2.59. The van der Waals surface area contributed by atoms with E-state index in [1.807, 2.05) is 0 Å². The molecule has 190 valence electrons. The van der Waals surface area contributed by atoms with Crippen molar-refractivity contribution in [1.82, 2.24) is 0 Å². The maximum atomic E-state index is 14.0. The molecule has 1 N–H and O–H groups in total. The third-order valence-corrected chi connectivity index (χ3v) is 10.3. The van der Waals surface area contributed by atoms with Crippen molar-refractivity contribution in [1.29, 1.82) is 0 Å². The summed E-state index contributed by atoms with van der Waals surface area (Å²) < 4.78 is 47.3. The number of rotatable bonds is 4. The van der Waals surface area contributed by atoms with Gasteiger partial charge < -0.3 is 9.47 Å². The van der Waals surface area contributed by atoms with E-state index in [-0.39, 0.29) is 16.8 Å². The van der Waals surface area contributed by atoms with Gasteiger partial charge in [-0.2, -0.15) is 8.42 Å². The van der Waals surface area contributed by atoms with Gasteiger partial charge in [0, 0.05) is 13.3 Å². The van der Waals surface area contributed by atoms with Crippen LogP contribution in [0.4, 0.5) is 0 Å². The van der Waals surface area contributed by atoms with Crippen molar-refractivity contribution in [3.05, 3.63) is 22.3 Å². The number of benzene rings is 1. The maximum absolute atomic E-state index is 14.0. The van der Waals surface area contributed by atoms with Crippen molar-refractivity contribution in [3.8, 4) is 5.75 Å². The Morgan fingerprint density at radius 2 is 1.37 bits per heavy atom. The van der Waals surface area contributed by atoms with E-state index >= 15 is 0 Å². The number of hydrogen-bond acceptors (Lipinski definition) is 6. The summed E-state index contributed by atoms with van der Waals surface area (Å²) >= 11 is 0. The SMILES string of the molecule is CC(=O)OC12CC3CC(C1)CC(C(=O)Oc1c4c(c(S(=O)(=O)O)c5c1CCCC5)CCCC4)(C3)C2. The first kappa shape index (κ1) is 23.5. The Morgan fingerprint density at radius 3 is 1.86 bits per heavy atom. The minimum atomic E-state index is -4.38. The molecule has 4 saturated carbocycles. The van der Waals surface area contributed by atoms with Crippen LogP contribution in [0.15, 0.2) is 4.90 Å². The summed E-state index contributed by atoms with van der Waals surface area (Å²) in [7, 11) is -4.38. The molecule has 6 aliphatic carbocycles. The lowest BCUT2D eigenvalue weighted by Crippen LogP contribution is -2.60. The molecule has 7 nitrogen and oxygen atoms in total. The molecule has 2 unspecified atom stereocenters. The molecule has 0 saturated heterocycles. The van der Waals surface area contributed by atoms with E-state index in [2.05, 4.69) is 0 Å². The highest BCUT2D eigenvalue weighted by Crippen LogP contribution is 2.63. The van der Waals surface area contributed by atoms with Crippen LogP contribution in [0.5, 0.6) is 5.75 Å². The fraction of sp³-hybridized carbons (Fsp3) is 0.704. The van der Waals surface area contributed by atoms with Gasteiger partial charge in [-0.1, -0.05) is 0 Å². The molecule has 0 heterocycles. The van der Waals surface area contributed by atoms with Crippen LogP contribution in [-0.2, 0) is 50.1 Å². The number of carbonyl (C=O) groups excluding carboxylic acids is 2. The third kappa shape index (κ3) is 3.82. The zero-order valence-corrected chi connectivity index (χ0v) is 21.2. The second kappa shape index (κ2) is 8.04. The van der Waals surface area contributed by atoms with Gasteiger partial charge in [0.25, 0.3) is 10.1 Å². The van der Waals surface area contributed by atoms with E-state index in [1.54, 1.807) is 0 Å². The topological polar surface area (TPSA) is 107 Å². The highest BCUT2D eigenvalue weighted by Gasteiger charge is 2.63. The minimum Gasteiger partial charge on any atom is -0.459 e. The van der Waals surface area contributed by atoms with Crippen LogP contribution in [0.25, 0.3) is 0 Å². The summed E-state index contributed by atoms with van der Waals surface area (Å²) in [4.78, 5) is 26.0. The van der Waals surface area contributed by atoms with Gasteiger partial charge in [0.2, 0.25) is 0 Å². The van der Waals surface area contributed by atoms with Crippen molar-refractivity contribution < 1.29 is 32.0 Å².